The zero-order valence-corrected chi connectivity index (χ0v) is 16.4. The van der Waals surface area contributed by atoms with Gasteiger partial charge in [0.15, 0.2) is 11.5 Å². The van der Waals surface area contributed by atoms with Crippen molar-refractivity contribution in [2.45, 2.75) is 19.6 Å². The Morgan fingerprint density at radius 3 is 2.21 bits per heavy atom. The van der Waals surface area contributed by atoms with Crippen molar-refractivity contribution < 1.29 is 14.2 Å². The largest absolute Gasteiger partial charge is 0.493 e. The molecule has 3 rings (SSSR count). The second-order valence-corrected chi connectivity index (χ2v) is 6.35. The summed E-state index contributed by atoms with van der Waals surface area (Å²) in [6, 6.07) is 20.0. The summed E-state index contributed by atoms with van der Waals surface area (Å²) in [7, 11) is 3.28. The molecule has 0 aliphatic heterocycles. The Bertz CT molecular complexity index is 829. The number of rotatable bonds is 10. The van der Waals surface area contributed by atoms with Gasteiger partial charge >= 0.3 is 0 Å². The number of hydrogen-bond donors (Lipinski definition) is 1. The van der Waals surface area contributed by atoms with Gasteiger partial charge in [0.05, 0.1) is 14.2 Å². The first-order valence-corrected chi connectivity index (χ1v) is 9.32. The van der Waals surface area contributed by atoms with Gasteiger partial charge in [-0.05, 0) is 35.4 Å². The topological polar surface area (TPSA) is 52.6 Å². The van der Waals surface area contributed by atoms with E-state index < -0.39 is 0 Å². The van der Waals surface area contributed by atoms with E-state index in [-0.39, 0.29) is 0 Å². The van der Waals surface area contributed by atoms with Gasteiger partial charge in [-0.3, -0.25) is 4.98 Å². The highest BCUT2D eigenvalue weighted by Crippen LogP contribution is 2.39. The molecule has 0 atom stereocenters. The van der Waals surface area contributed by atoms with Gasteiger partial charge in [0.1, 0.15) is 6.61 Å². The molecule has 0 radical (unpaired) electrons. The van der Waals surface area contributed by atoms with E-state index in [1.165, 1.54) is 0 Å². The van der Waals surface area contributed by atoms with Crippen LogP contribution in [0.15, 0.2) is 66.9 Å². The van der Waals surface area contributed by atoms with Gasteiger partial charge < -0.3 is 19.5 Å². The van der Waals surface area contributed by atoms with E-state index in [0.29, 0.717) is 30.4 Å². The first kappa shape index (κ1) is 19.7. The lowest BCUT2D eigenvalue weighted by molar-refractivity contribution is 0.265. The number of methoxy groups -OCH3 is 2. The fraction of sp³-hybridized carbons (Fsp3) is 0.261. The van der Waals surface area contributed by atoms with Crippen LogP contribution in [0.4, 0.5) is 0 Å². The first-order valence-electron chi connectivity index (χ1n) is 9.32. The zero-order valence-electron chi connectivity index (χ0n) is 16.4. The Labute approximate surface area is 166 Å². The average Bonchev–Trinajstić information content (AvgIpc) is 2.76. The number of nitrogens with zero attached hydrogens (tertiary/aromatic N) is 1. The van der Waals surface area contributed by atoms with Gasteiger partial charge in [-0.2, -0.15) is 0 Å². The summed E-state index contributed by atoms with van der Waals surface area (Å²) in [6.45, 7) is 2.00. The predicted octanol–water partition coefficient (Wildman–Crippen LogP) is 4.01. The molecule has 0 aliphatic carbocycles. The second kappa shape index (κ2) is 10.3. The molecular weight excluding hydrogens is 352 g/mol. The number of ether oxygens (including phenoxy) is 3. The lowest BCUT2D eigenvalue weighted by Crippen LogP contribution is -2.17. The zero-order chi connectivity index (χ0) is 19.6. The Balaban J connectivity index is 1.62. The van der Waals surface area contributed by atoms with Gasteiger partial charge in [0.2, 0.25) is 5.75 Å². The molecular formula is C23H26N2O3. The lowest BCUT2D eigenvalue weighted by atomic mass is 10.1. The Kier molecular flexibility index (Phi) is 7.27. The molecule has 0 spiro atoms. The third-order valence-corrected chi connectivity index (χ3v) is 4.36. The maximum atomic E-state index is 6.00. The summed E-state index contributed by atoms with van der Waals surface area (Å²) in [4.78, 5) is 4.34. The minimum absolute atomic E-state index is 0.454. The molecule has 0 unspecified atom stereocenters. The van der Waals surface area contributed by atoms with E-state index in [9.17, 15) is 0 Å². The van der Waals surface area contributed by atoms with Crippen LogP contribution in [0.25, 0.3) is 0 Å². The summed E-state index contributed by atoms with van der Waals surface area (Å²) in [5.41, 5.74) is 3.24. The van der Waals surface area contributed by atoms with Crippen LogP contribution in [-0.2, 0) is 19.6 Å². The number of benzene rings is 2. The molecule has 1 aromatic heterocycles. The molecule has 0 bridgehead atoms. The fourth-order valence-corrected chi connectivity index (χ4v) is 2.90. The Hall–Kier alpha value is -3.05. The van der Waals surface area contributed by atoms with Crippen molar-refractivity contribution in [3.63, 3.8) is 0 Å². The van der Waals surface area contributed by atoms with Crippen molar-refractivity contribution >= 4 is 0 Å². The minimum Gasteiger partial charge on any atom is -0.493 e. The van der Waals surface area contributed by atoms with Crippen molar-refractivity contribution in [1.29, 1.82) is 0 Å². The number of hydrogen-bond acceptors (Lipinski definition) is 5. The Morgan fingerprint density at radius 2 is 1.57 bits per heavy atom. The van der Waals surface area contributed by atoms with Crippen LogP contribution in [-0.4, -0.2) is 25.7 Å². The Morgan fingerprint density at radius 1 is 0.857 bits per heavy atom. The van der Waals surface area contributed by atoms with Crippen LogP contribution in [0.5, 0.6) is 17.2 Å². The van der Waals surface area contributed by atoms with Crippen LogP contribution in [0.1, 0.15) is 16.8 Å². The second-order valence-electron chi connectivity index (χ2n) is 6.35. The van der Waals surface area contributed by atoms with E-state index in [1.54, 1.807) is 14.2 Å². The summed E-state index contributed by atoms with van der Waals surface area (Å²) >= 11 is 0. The third-order valence-electron chi connectivity index (χ3n) is 4.36. The molecule has 0 fully saturated rings. The maximum absolute atomic E-state index is 6.00. The van der Waals surface area contributed by atoms with Gasteiger partial charge in [0.25, 0.3) is 0 Å². The summed E-state index contributed by atoms with van der Waals surface area (Å²) in [5, 5.41) is 3.44. The molecule has 0 saturated carbocycles. The van der Waals surface area contributed by atoms with Crippen molar-refractivity contribution in [3.05, 3.63) is 83.7 Å². The summed E-state index contributed by atoms with van der Waals surface area (Å²) in [6.07, 6.45) is 2.70. The summed E-state index contributed by atoms with van der Waals surface area (Å²) < 4.78 is 17.1. The van der Waals surface area contributed by atoms with Gasteiger partial charge in [-0.15, -0.1) is 0 Å². The van der Waals surface area contributed by atoms with Crippen molar-refractivity contribution in [1.82, 2.24) is 10.3 Å². The minimum atomic E-state index is 0.454. The monoisotopic (exact) mass is 378 g/mol. The maximum Gasteiger partial charge on any atom is 0.203 e. The molecule has 0 saturated heterocycles. The highest BCUT2D eigenvalue weighted by Gasteiger charge is 2.14. The molecule has 1 N–H and O–H groups in total. The smallest absolute Gasteiger partial charge is 0.203 e. The van der Waals surface area contributed by atoms with Gasteiger partial charge in [-0.25, -0.2) is 0 Å². The highest BCUT2D eigenvalue weighted by molar-refractivity contribution is 5.54. The van der Waals surface area contributed by atoms with E-state index in [4.69, 9.17) is 14.2 Å². The fourth-order valence-electron chi connectivity index (χ4n) is 2.90. The molecule has 5 heteroatoms. The first-order chi connectivity index (χ1) is 13.8. The molecule has 146 valence electrons. The van der Waals surface area contributed by atoms with Crippen molar-refractivity contribution in [3.8, 4) is 17.2 Å². The van der Waals surface area contributed by atoms with Crippen LogP contribution >= 0.6 is 0 Å². The lowest BCUT2D eigenvalue weighted by Gasteiger charge is -2.16. The molecule has 28 heavy (non-hydrogen) atoms. The van der Waals surface area contributed by atoms with Crippen molar-refractivity contribution in [2.75, 3.05) is 20.8 Å². The number of pyridine rings is 1. The number of nitrogens with one attached hydrogen (secondary N) is 1. The van der Waals surface area contributed by atoms with E-state index >= 15 is 0 Å². The average molecular weight is 378 g/mol. The SMILES string of the molecule is COc1cc(CNCCc2ccccn2)cc(OC)c1OCc1ccccc1. The van der Waals surface area contributed by atoms with Crippen molar-refractivity contribution in [2.24, 2.45) is 0 Å². The van der Waals surface area contributed by atoms with E-state index in [0.717, 1.165) is 29.8 Å². The normalized spacial score (nSPS) is 10.5. The quantitative estimate of drug-likeness (QED) is 0.540. The van der Waals surface area contributed by atoms with Gasteiger partial charge in [0, 0.05) is 31.4 Å². The molecule has 1 heterocycles. The predicted molar refractivity (Wildman–Crippen MR) is 110 cm³/mol. The summed E-state index contributed by atoms with van der Waals surface area (Å²) in [5.74, 6) is 1.94. The standard InChI is InChI=1S/C23H26N2O3/c1-26-21-14-19(16-24-13-11-20-10-6-7-12-25-20)15-22(27-2)23(21)28-17-18-8-4-3-5-9-18/h3-10,12,14-15,24H,11,13,16-17H2,1-2H3. The van der Waals surface area contributed by atoms with Crippen LogP contribution < -0.4 is 19.5 Å². The molecule has 5 nitrogen and oxygen atoms in total. The molecule has 0 amide bonds. The van der Waals surface area contributed by atoms with Crippen LogP contribution in [0.3, 0.4) is 0 Å². The van der Waals surface area contributed by atoms with Gasteiger partial charge in [-0.1, -0.05) is 36.4 Å². The molecule has 0 aliphatic rings. The highest BCUT2D eigenvalue weighted by atomic mass is 16.5. The van der Waals surface area contributed by atoms with Crippen LogP contribution in [0, 0.1) is 0 Å². The van der Waals surface area contributed by atoms with Crippen LogP contribution in [0.2, 0.25) is 0 Å². The third kappa shape index (κ3) is 5.47. The van der Waals surface area contributed by atoms with E-state index in [2.05, 4.69) is 10.3 Å². The number of aromatic nitrogens is 1. The van der Waals surface area contributed by atoms with E-state index in [1.807, 2.05) is 66.9 Å². The molecule has 2 aromatic carbocycles. The molecule has 3 aromatic rings.